The van der Waals surface area contributed by atoms with E-state index in [-0.39, 0.29) is 5.95 Å². The number of benzene rings is 1. The lowest BCUT2D eigenvalue weighted by Crippen LogP contribution is -2.39. The van der Waals surface area contributed by atoms with Crippen LogP contribution < -0.4 is 4.90 Å². The van der Waals surface area contributed by atoms with Crippen LogP contribution in [0.1, 0.15) is 0 Å². The van der Waals surface area contributed by atoms with Gasteiger partial charge >= 0.3 is 12.1 Å². The van der Waals surface area contributed by atoms with Gasteiger partial charge in [0.25, 0.3) is 0 Å². The third-order valence-corrected chi connectivity index (χ3v) is 2.33. The molecule has 106 valence electrons. The lowest BCUT2D eigenvalue weighted by molar-refractivity contribution is -0.136. The number of alkyl halides is 3. The number of halogens is 3. The van der Waals surface area contributed by atoms with E-state index < -0.39 is 25.2 Å². The second-order valence-corrected chi connectivity index (χ2v) is 3.97. The summed E-state index contributed by atoms with van der Waals surface area (Å²) in [6.45, 7) is -2.32. The van der Waals surface area contributed by atoms with Gasteiger partial charge in [0.15, 0.2) is 0 Å². The van der Waals surface area contributed by atoms with Crippen molar-refractivity contribution in [2.45, 2.75) is 6.18 Å². The monoisotopic (exact) mass is 286 g/mol. The van der Waals surface area contributed by atoms with E-state index in [2.05, 4.69) is 15.2 Å². The minimum Gasteiger partial charge on any atom is -0.480 e. The number of para-hydroxylation sites is 1. The molecule has 0 saturated carbocycles. The van der Waals surface area contributed by atoms with Crippen LogP contribution in [-0.2, 0) is 4.79 Å². The highest BCUT2D eigenvalue weighted by Gasteiger charge is 2.33. The highest BCUT2D eigenvalue weighted by Crippen LogP contribution is 2.20. The summed E-state index contributed by atoms with van der Waals surface area (Å²) < 4.78 is 37.3. The van der Waals surface area contributed by atoms with Crippen molar-refractivity contribution < 1.29 is 23.1 Å². The molecule has 0 aliphatic carbocycles. The Bertz CT molecular complexity index is 632. The molecule has 2 rings (SSSR count). The summed E-state index contributed by atoms with van der Waals surface area (Å²) in [5.41, 5.74) is 0.758. The SMILES string of the molecule is O=C(O)CN(CC(F)(F)F)c1nnc2ccccc2n1. The molecular formula is C11H9F3N4O2. The number of rotatable bonds is 4. The Kier molecular flexibility index (Phi) is 3.68. The first-order valence-electron chi connectivity index (χ1n) is 5.48. The van der Waals surface area contributed by atoms with Gasteiger partial charge in [-0.2, -0.15) is 13.2 Å². The molecule has 0 spiro atoms. The minimum atomic E-state index is -4.57. The van der Waals surface area contributed by atoms with Crippen molar-refractivity contribution in [1.29, 1.82) is 0 Å². The summed E-state index contributed by atoms with van der Waals surface area (Å²) in [6, 6.07) is 6.49. The molecule has 0 bridgehead atoms. The van der Waals surface area contributed by atoms with Gasteiger partial charge in [-0.15, -0.1) is 10.2 Å². The molecule has 0 radical (unpaired) electrons. The summed E-state index contributed by atoms with van der Waals surface area (Å²) in [7, 11) is 0. The summed E-state index contributed by atoms with van der Waals surface area (Å²) in [5, 5.41) is 15.9. The Morgan fingerprint density at radius 3 is 2.45 bits per heavy atom. The standard InChI is InChI=1S/C11H9F3N4O2/c12-11(13,14)6-18(5-9(19)20)10-15-7-3-1-2-4-8(7)16-17-10/h1-4H,5-6H2,(H,19,20). The Morgan fingerprint density at radius 1 is 1.20 bits per heavy atom. The first-order valence-corrected chi connectivity index (χ1v) is 5.48. The molecule has 0 aliphatic rings. The van der Waals surface area contributed by atoms with Crippen molar-refractivity contribution in [3.63, 3.8) is 0 Å². The molecule has 0 unspecified atom stereocenters. The number of aromatic nitrogens is 3. The summed E-state index contributed by atoms with van der Waals surface area (Å²) in [6.07, 6.45) is -4.57. The molecule has 1 N–H and O–H groups in total. The van der Waals surface area contributed by atoms with Gasteiger partial charge in [-0.05, 0) is 12.1 Å². The molecule has 0 aliphatic heterocycles. The summed E-state index contributed by atoms with van der Waals surface area (Å²) in [4.78, 5) is 15.1. The molecule has 1 aromatic heterocycles. The lowest BCUT2D eigenvalue weighted by Gasteiger charge is -2.21. The van der Waals surface area contributed by atoms with Crippen LogP contribution >= 0.6 is 0 Å². The number of carboxylic acid groups (broad SMARTS) is 1. The average Bonchev–Trinajstić information content (AvgIpc) is 2.35. The van der Waals surface area contributed by atoms with Crippen LogP contribution in [0.25, 0.3) is 11.0 Å². The van der Waals surface area contributed by atoms with Gasteiger partial charge in [0.2, 0.25) is 5.95 Å². The third-order valence-electron chi connectivity index (χ3n) is 2.33. The number of fused-ring (bicyclic) bond motifs is 1. The Hall–Kier alpha value is -2.45. The molecule has 1 aromatic carbocycles. The number of hydrogen-bond donors (Lipinski definition) is 1. The van der Waals surface area contributed by atoms with E-state index in [0.29, 0.717) is 15.9 Å². The second-order valence-electron chi connectivity index (χ2n) is 3.97. The van der Waals surface area contributed by atoms with Crippen LogP contribution in [0, 0.1) is 0 Å². The molecule has 9 heteroatoms. The normalized spacial score (nSPS) is 11.6. The molecule has 0 amide bonds. The highest BCUT2D eigenvalue weighted by molar-refractivity contribution is 5.76. The molecule has 0 saturated heterocycles. The fourth-order valence-corrected chi connectivity index (χ4v) is 1.58. The number of nitrogens with zero attached hydrogens (tertiary/aromatic N) is 4. The van der Waals surface area contributed by atoms with Crippen LogP contribution in [0.4, 0.5) is 19.1 Å². The number of anilines is 1. The third kappa shape index (κ3) is 3.53. The van der Waals surface area contributed by atoms with Crippen molar-refractivity contribution in [1.82, 2.24) is 15.2 Å². The van der Waals surface area contributed by atoms with Crippen LogP contribution in [-0.4, -0.2) is 45.5 Å². The van der Waals surface area contributed by atoms with Gasteiger partial charge in [-0.25, -0.2) is 4.98 Å². The molecule has 1 heterocycles. The molecule has 2 aromatic rings. The van der Waals surface area contributed by atoms with Gasteiger partial charge in [0.1, 0.15) is 18.6 Å². The van der Waals surface area contributed by atoms with Crippen molar-refractivity contribution in [2.75, 3.05) is 18.0 Å². The van der Waals surface area contributed by atoms with Gasteiger partial charge in [0, 0.05) is 0 Å². The number of carbonyl (C=O) groups is 1. The van der Waals surface area contributed by atoms with E-state index in [1.807, 2.05) is 0 Å². The highest BCUT2D eigenvalue weighted by atomic mass is 19.4. The summed E-state index contributed by atoms with van der Waals surface area (Å²) >= 11 is 0. The van der Waals surface area contributed by atoms with Crippen molar-refractivity contribution in [3.8, 4) is 0 Å². The molecule has 0 fully saturated rings. The maximum atomic E-state index is 12.4. The van der Waals surface area contributed by atoms with Crippen molar-refractivity contribution in [2.24, 2.45) is 0 Å². The zero-order chi connectivity index (χ0) is 14.8. The Labute approximate surface area is 110 Å². The van der Waals surface area contributed by atoms with E-state index in [1.54, 1.807) is 24.3 Å². The lowest BCUT2D eigenvalue weighted by atomic mass is 10.3. The molecule has 6 nitrogen and oxygen atoms in total. The van der Waals surface area contributed by atoms with E-state index in [1.165, 1.54) is 0 Å². The number of hydrogen-bond acceptors (Lipinski definition) is 5. The Balaban J connectivity index is 2.36. The molecule has 20 heavy (non-hydrogen) atoms. The fourth-order valence-electron chi connectivity index (χ4n) is 1.58. The maximum Gasteiger partial charge on any atom is 0.406 e. The van der Waals surface area contributed by atoms with E-state index in [0.717, 1.165) is 0 Å². The van der Waals surface area contributed by atoms with Gasteiger partial charge in [0.05, 0.1) is 5.52 Å². The number of aliphatic carboxylic acids is 1. The zero-order valence-electron chi connectivity index (χ0n) is 10.0. The Morgan fingerprint density at radius 2 is 1.85 bits per heavy atom. The largest absolute Gasteiger partial charge is 0.480 e. The van der Waals surface area contributed by atoms with Crippen LogP contribution in [0.5, 0.6) is 0 Å². The molecular weight excluding hydrogens is 277 g/mol. The van der Waals surface area contributed by atoms with Crippen LogP contribution in [0.2, 0.25) is 0 Å². The van der Waals surface area contributed by atoms with E-state index in [9.17, 15) is 18.0 Å². The van der Waals surface area contributed by atoms with Gasteiger partial charge in [-0.1, -0.05) is 12.1 Å². The predicted octanol–water partition coefficient (Wildman–Crippen LogP) is 1.48. The average molecular weight is 286 g/mol. The predicted molar refractivity (Wildman–Crippen MR) is 63.2 cm³/mol. The van der Waals surface area contributed by atoms with Gasteiger partial charge < -0.3 is 10.0 Å². The van der Waals surface area contributed by atoms with E-state index in [4.69, 9.17) is 5.11 Å². The quantitative estimate of drug-likeness (QED) is 0.917. The van der Waals surface area contributed by atoms with E-state index >= 15 is 0 Å². The van der Waals surface area contributed by atoms with Crippen LogP contribution in [0.15, 0.2) is 24.3 Å². The topological polar surface area (TPSA) is 79.2 Å². The number of carboxylic acids is 1. The second kappa shape index (κ2) is 5.27. The smallest absolute Gasteiger partial charge is 0.406 e. The molecule has 0 atom stereocenters. The minimum absolute atomic E-state index is 0.343. The maximum absolute atomic E-state index is 12.4. The fraction of sp³-hybridized carbons (Fsp3) is 0.273. The van der Waals surface area contributed by atoms with Crippen molar-refractivity contribution in [3.05, 3.63) is 24.3 Å². The van der Waals surface area contributed by atoms with Crippen LogP contribution in [0.3, 0.4) is 0 Å². The summed E-state index contributed by atoms with van der Waals surface area (Å²) in [5.74, 6) is -1.78. The zero-order valence-corrected chi connectivity index (χ0v) is 10.0. The first kappa shape index (κ1) is 14.0. The van der Waals surface area contributed by atoms with Gasteiger partial charge in [-0.3, -0.25) is 4.79 Å². The van der Waals surface area contributed by atoms with Crippen molar-refractivity contribution >= 4 is 23.0 Å². The first-order chi connectivity index (χ1) is 9.35.